The van der Waals surface area contributed by atoms with Crippen molar-refractivity contribution in [1.29, 1.82) is 0 Å². The number of aromatic nitrogens is 3. The van der Waals surface area contributed by atoms with Gasteiger partial charge in [0.1, 0.15) is 18.1 Å². The van der Waals surface area contributed by atoms with E-state index in [2.05, 4.69) is 51.2 Å². The van der Waals surface area contributed by atoms with E-state index in [9.17, 15) is 4.79 Å². The van der Waals surface area contributed by atoms with E-state index in [4.69, 9.17) is 19.2 Å². The molecule has 0 bridgehead atoms. The first kappa shape index (κ1) is 28.8. The van der Waals surface area contributed by atoms with Crippen LogP contribution in [0.4, 0.5) is 17.3 Å². The number of para-hydroxylation sites is 1. The molecule has 0 radical (unpaired) electrons. The highest BCUT2D eigenvalue weighted by atomic mass is 16.5. The Bertz CT molecular complexity index is 1640. The lowest BCUT2D eigenvalue weighted by molar-refractivity contribution is -0.111. The second kappa shape index (κ2) is 12.9. The fourth-order valence-electron chi connectivity index (χ4n) is 4.87. The lowest BCUT2D eigenvalue weighted by atomic mass is 9.97. The van der Waals surface area contributed by atoms with E-state index in [0.29, 0.717) is 55.2 Å². The number of fused-ring (bicyclic) bond motifs is 1. The fraction of sp³-hybridized carbons (Fsp3) is 0.281. The van der Waals surface area contributed by atoms with Gasteiger partial charge in [0, 0.05) is 54.1 Å². The van der Waals surface area contributed by atoms with Crippen LogP contribution in [-0.4, -0.2) is 72.9 Å². The third kappa shape index (κ3) is 6.29. The summed E-state index contributed by atoms with van der Waals surface area (Å²) in [4.78, 5) is 24.0. The highest BCUT2D eigenvalue weighted by molar-refractivity contribution is 6.01. The van der Waals surface area contributed by atoms with E-state index < -0.39 is 0 Å². The highest BCUT2D eigenvalue weighted by Crippen LogP contribution is 2.39. The summed E-state index contributed by atoms with van der Waals surface area (Å²) in [6.07, 6.45) is 8.04. The number of anilines is 3. The molecule has 2 N–H and O–H groups in total. The predicted octanol–water partition coefficient (Wildman–Crippen LogP) is 5.26. The molecule has 42 heavy (non-hydrogen) atoms. The van der Waals surface area contributed by atoms with E-state index in [-0.39, 0.29) is 5.91 Å². The van der Waals surface area contributed by atoms with Crippen LogP contribution < -0.4 is 20.1 Å². The maximum Gasteiger partial charge on any atom is 0.247 e. The minimum absolute atomic E-state index is 0.354. The molecule has 10 heteroatoms. The smallest absolute Gasteiger partial charge is 0.247 e. The molecule has 10 nitrogen and oxygen atoms in total. The van der Waals surface area contributed by atoms with Gasteiger partial charge in [-0.3, -0.25) is 4.79 Å². The minimum atomic E-state index is -0.354. The zero-order valence-electron chi connectivity index (χ0n) is 24.4. The summed E-state index contributed by atoms with van der Waals surface area (Å²) in [6, 6.07) is 11.8. The maximum absolute atomic E-state index is 12.3. The van der Waals surface area contributed by atoms with Crippen LogP contribution in [0.5, 0.6) is 11.5 Å². The van der Waals surface area contributed by atoms with E-state index in [1.54, 1.807) is 19.2 Å². The first-order chi connectivity index (χ1) is 20.4. The number of carbonyl (C=O) groups excluding carboxylic acids is 1. The molecule has 0 saturated heterocycles. The van der Waals surface area contributed by atoms with Crippen molar-refractivity contribution in [1.82, 2.24) is 19.4 Å². The van der Waals surface area contributed by atoms with Crippen molar-refractivity contribution in [2.24, 2.45) is 7.05 Å². The van der Waals surface area contributed by atoms with Gasteiger partial charge in [0.05, 0.1) is 37.4 Å². The number of nitrogens with zero attached hydrogens (tertiary/aromatic N) is 4. The Morgan fingerprint density at radius 1 is 1.19 bits per heavy atom. The van der Waals surface area contributed by atoms with E-state index in [1.807, 2.05) is 44.4 Å². The Labute approximate surface area is 245 Å². The third-order valence-electron chi connectivity index (χ3n) is 7.04. The predicted molar refractivity (Wildman–Crippen MR) is 167 cm³/mol. The number of methoxy groups -OCH3 is 1. The number of hydrogen-bond donors (Lipinski definition) is 2. The molecule has 1 aliphatic rings. The Morgan fingerprint density at radius 3 is 2.76 bits per heavy atom. The van der Waals surface area contributed by atoms with Crippen molar-refractivity contribution < 1.29 is 19.0 Å². The summed E-state index contributed by atoms with van der Waals surface area (Å²) in [5.74, 6) is 1.02. The topological polar surface area (TPSA) is 103 Å². The molecular weight excluding hydrogens is 532 g/mol. The normalized spacial score (nSPS) is 13.1. The molecule has 1 amide bonds. The largest absolute Gasteiger partial charge is 0.494 e. The van der Waals surface area contributed by atoms with Crippen molar-refractivity contribution in [3.8, 4) is 22.8 Å². The van der Waals surface area contributed by atoms with Gasteiger partial charge in [0.15, 0.2) is 0 Å². The molecule has 0 spiro atoms. The van der Waals surface area contributed by atoms with Crippen LogP contribution >= 0.6 is 0 Å². The molecule has 0 fully saturated rings. The SMILES string of the molecule is C=CC(=O)Nc1cc(Nc2ncc(C3=CCOCC3)c(-c3cn(C)c4ccccc34)n2)c(OC)cc1OCCN(C)C. The van der Waals surface area contributed by atoms with Crippen molar-refractivity contribution in [2.75, 3.05) is 58.2 Å². The van der Waals surface area contributed by atoms with Crippen LogP contribution in [0.25, 0.3) is 27.7 Å². The molecule has 2 aromatic carbocycles. The lowest BCUT2D eigenvalue weighted by Crippen LogP contribution is -2.20. The van der Waals surface area contributed by atoms with Gasteiger partial charge < -0.3 is 34.3 Å². The summed E-state index contributed by atoms with van der Waals surface area (Å²) >= 11 is 0. The molecule has 218 valence electrons. The molecule has 0 aliphatic carbocycles. The number of carbonyl (C=O) groups is 1. The first-order valence-electron chi connectivity index (χ1n) is 13.8. The highest BCUT2D eigenvalue weighted by Gasteiger charge is 2.20. The molecule has 1 aliphatic heterocycles. The number of benzene rings is 2. The molecule has 0 unspecified atom stereocenters. The summed E-state index contributed by atoms with van der Waals surface area (Å²) in [6.45, 7) is 5.92. The fourth-order valence-corrected chi connectivity index (χ4v) is 4.87. The van der Waals surface area contributed by atoms with E-state index in [0.717, 1.165) is 39.7 Å². The average molecular weight is 569 g/mol. The van der Waals surface area contributed by atoms with Crippen LogP contribution in [-0.2, 0) is 16.6 Å². The van der Waals surface area contributed by atoms with Gasteiger partial charge in [-0.1, -0.05) is 30.9 Å². The summed E-state index contributed by atoms with van der Waals surface area (Å²) in [7, 11) is 7.54. The summed E-state index contributed by atoms with van der Waals surface area (Å²) in [5, 5.41) is 7.25. The number of amides is 1. The molecule has 0 saturated carbocycles. The number of nitrogens with one attached hydrogen (secondary N) is 2. The van der Waals surface area contributed by atoms with Crippen LogP contribution in [0.3, 0.4) is 0 Å². The van der Waals surface area contributed by atoms with Gasteiger partial charge in [-0.15, -0.1) is 0 Å². The molecule has 5 rings (SSSR count). The molecule has 3 heterocycles. The van der Waals surface area contributed by atoms with Crippen LogP contribution in [0, 0.1) is 0 Å². The average Bonchev–Trinajstić information content (AvgIpc) is 3.34. The quantitative estimate of drug-likeness (QED) is 0.236. The number of aryl methyl sites for hydroxylation is 1. The zero-order valence-corrected chi connectivity index (χ0v) is 24.4. The van der Waals surface area contributed by atoms with Crippen LogP contribution in [0.15, 0.2) is 67.5 Å². The molecule has 4 aromatic rings. The lowest BCUT2D eigenvalue weighted by Gasteiger charge is -2.19. The van der Waals surface area contributed by atoms with Crippen LogP contribution in [0.2, 0.25) is 0 Å². The van der Waals surface area contributed by atoms with Crippen LogP contribution in [0.1, 0.15) is 12.0 Å². The number of hydrogen-bond acceptors (Lipinski definition) is 8. The molecular formula is C32H36N6O4. The maximum atomic E-state index is 12.3. The summed E-state index contributed by atoms with van der Waals surface area (Å²) in [5.41, 5.74) is 6.11. The second-order valence-corrected chi connectivity index (χ2v) is 10.2. The number of ether oxygens (including phenoxy) is 3. The third-order valence-corrected chi connectivity index (χ3v) is 7.04. The van der Waals surface area contributed by atoms with E-state index >= 15 is 0 Å². The monoisotopic (exact) mass is 568 g/mol. The first-order valence-corrected chi connectivity index (χ1v) is 13.8. The second-order valence-electron chi connectivity index (χ2n) is 10.2. The van der Waals surface area contributed by atoms with E-state index in [1.165, 1.54) is 6.08 Å². The number of likely N-dealkylation sites (N-methyl/N-ethyl adjacent to an activating group) is 1. The van der Waals surface area contributed by atoms with Crippen molar-refractivity contribution in [3.05, 3.63) is 73.1 Å². The Hall–Kier alpha value is -4.67. The Morgan fingerprint density at radius 2 is 2.02 bits per heavy atom. The van der Waals surface area contributed by atoms with Gasteiger partial charge in [0.2, 0.25) is 11.9 Å². The van der Waals surface area contributed by atoms with Gasteiger partial charge in [0.25, 0.3) is 0 Å². The number of rotatable bonds is 11. The van der Waals surface area contributed by atoms with Gasteiger partial charge in [-0.25, -0.2) is 9.97 Å². The van der Waals surface area contributed by atoms with Crippen molar-refractivity contribution in [2.45, 2.75) is 6.42 Å². The van der Waals surface area contributed by atoms with Crippen molar-refractivity contribution in [3.63, 3.8) is 0 Å². The minimum Gasteiger partial charge on any atom is -0.494 e. The Balaban J connectivity index is 1.57. The van der Waals surface area contributed by atoms with Gasteiger partial charge >= 0.3 is 0 Å². The molecule has 0 atom stereocenters. The van der Waals surface area contributed by atoms with Gasteiger partial charge in [-0.2, -0.15) is 0 Å². The summed E-state index contributed by atoms with van der Waals surface area (Å²) < 4.78 is 19.4. The zero-order chi connectivity index (χ0) is 29.6. The van der Waals surface area contributed by atoms with Crippen molar-refractivity contribution >= 4 is 39.7 Å². The van der Waals surface area contributed by atoms with Gasteiger partial charge in [-0.05, 0) is 44.3 Å². The standard InChI is InChI=1S/C32H36N6O4/c1-6-30(39)34-26-17-25(28(40-5)18-29(26)42-16-13-37(2)3)35-32-33-19-23(21-11-14-41-15-12-21)31(36-32)24-20-38(4)27-10-8-7-9-22(24)27/h6-11,17-20H,1,12-16H2,2-5H3,(H,34,39)(H,33,35,36). The molecule has 2 aromatic heterocycles. The Kier molecular flexibility index (Phi) is 8.85.